The summed E-state index contributed by atoms with van der Waals surface area (Å²) in [6.45, 7) is 1.74. The average Bonchev–Trinajstić information content (AvgIpc) is 2.51. The standard InChI is InChI=1S/C16H16N2O6/c1-8-6-14(21)24-12-7-9(2-3-10(8)12)15(22)18-16(23)11(17)4-5-13(19)20/h2-3,6-7,11H,4-5,17H2,1H3,(H,19,20)(H,18,22,23)/t11-/m0/s1. The van der Waals surface area contributed by atoms with Crippen LogP contribution in [-0.2, 0) is 9.59 Å². The highest BCUT2D eigenvalue weighted by Gasteiger charge is 2.18. The third-order valence-electron chi connectivity index (χ3n) is 3.46. The molecule has 4 N–H and O–H groups in total. The van der Waals surface area contributed by atoms with Crippen LogP contribution in [0.3, 0.4) is 0 Å². The molecule has 0 spiro atoms. The lowest BCUT2D eigenvalue weighted by atomic mass is 10.1. The Kier molecular flexibility index (Phi) is 5.10. The zero-order chi connectivity index (χ0) is 17.9. The fourth-order valence-electron chi connectivity index (χ4n) is 2.15. The zero-order valence-corrected chi connectivity index (χ0v) is 12.9. The summed E-state index contributed by atoms with van der Waals surface area (Å²) in [4.78, 5) is 45.7. The Morgan fingerprint density at radius 3 is 2.67 bits per heavy atom. The lowest BCUT2D eigenvalue weighted by Crippen LogP contribution is -2.43. The van der Waals surface area contributed by atoms with E-state index < -0.39 is 29.5 Å². The van der Waals surface area contributed by atoms with Crippen LogP contribution >= 0.6 is 0 Å². The number of benzene rings is 1. The summed E-state index contributed by atoms with van der Waals surface area (Å²) in [5.41, 5.74) is 6.06. The summed E-state index contributed by atoms with van der Waals surface area (Å²) < 4.78 is 5.04. The van der Waals surface area contributed by atoms with E-state index in [0.29, 0.717) is 10.9 Å². The molecule has 2 amide bonds. The maximum Gasteiger partial charge on any atom is 0.336 e. The Hall–Kier alpha value is -3.00. The summed E-state index contributed by atoms with van der Waals surface area (Å²) >= 11 is 0. The van der Waals surface area contributed by atoms with Crippen LogP contribution < -0.4 is 16.7 Å². The van der Waals surface area contributed by atoms with Crippen LogP contribution in [0.25, 0.3) is 11.0 Å². The summed E-state index contributed by atoms with van der Waals surface area (Å²) in [5.74, 6) is -2.56. The van der Waals surface area contributed by atoms with Gasteiger partial charge in [-0.25, -0.2) is 4.79 Å². The minimum atomic E-state index is -1.11. The van der Waals surface area contributed by atoms with Crippen molar-refractivity contribution in [2.75, 3.05) is 0 Å². The molecule has 0 aliphatic rings. The number of hydrogen-bond acceptors (Lipinski definition) is 6. The van der Waals surface area contributed by atoms with Crippen molar-refractivity contribution in [3.05, 3.63) is 45.8 Å². The quantitative estimate of drug-likeness (QED) is 0.679. The molecule has 0 bridgehead atoms. The van der Waals surface area contributed by atoms with Crippen molar-refractivity contribution < 1.29 is 23.9 Å². The van der Waals surface area contributed by atoms with Crippen LogP contribution in [0, 0.1) is 6.92 Å². The van der Waals surface area contributed by atoms with Gasteiger partial charge in [-0.2, -0.15) is 0 Å². The third kappa shape index (κ3) is 4.05. The number of carbonyl (C=O) groups excluding carboxylic acids is 2. The molecule has 126 valence electrons. The molecular weight excluding hydrogens is 316 g/mol. The molecule has 1 atom stereocenters. The molecule has 2 rings (SSSR count). The minimum Gasteiger partial charge on any atom is -0.481 e. The number of hydrogen-bond donors (Lipinski definition) is 3. The summed E-state index contributed by atoms with van der Waals surface area (Å²) in [6, 6.07) is 4.69. The van der Waals surface area contributed by atoms with Gasteiger partial charge in [0.1, 0.15) is 5.58 Å². The van der Waals surface area contributed by atoms with E-state index in [1.165, 1.54) is 18.2 Å². The average molecular weight is 332 g/mol. The fraction of sp³-hybridized carbons (Fsp3) is 0.250. The molecule has 1 aromatic carbocycles. The highest BCUT2D eigenvalue weighted by atomic mass is 16.4. The number of aryl methyl sites for hydroxylation is 1. The number of nitrogens with two attached hydrogens (primary N) is 1. The first-order valence-corrected chi connectivity index (χ1v) is 7.15. The van der Waals surface area contributed by atoms with Crippen molar-refractivity contribution in [1.29, 1.82) is 0 Å². The van der Waals surface area contributed by atoms with Crippen LogP contribution in [0.4, 0.5) is 0 Å². The van der Waals surface area contributed by atoms with Gasteiger partial charge in [0.15, 0.2) is 0 Å². The number of aliphatic carboxylic acids is 1. The lowest BCUT2D eigenvalue weighted by molar-refractivity contribution is -0.137. The predicted octanol–water partition coefficient (Wildman–Crippen LogP) is 0.550. The SMILES string of the molecule is Cc1cc(=O)oc2cc(C(=O)NC(=O)[C@@H](N)CCC(=O)O)ccc12. The van der Waals surface area contributed by atoms with Crippen molar-refractivity contribution in [1.82, 2.24) is 5.32 Å². The van der Waals surface area contributed by atoms with Gasteiger partial charge in [-0.05, 0) is 31.0 Å². The second-order valence-electron chi connectivity index (χ2n) is 5.32. The van der Waals surface area contributed by atoms with E-state index >= 15 is 0 Å². The molecule has 24 heavy (non-hydrogen) atoms. The number of carboxylic acid groups (broad SMARTS) is 1. The summed E-state index contributed by atoms with van der Waals surface area (Å²) in [7, 11) is 0. The van der Waals surface area contributed by atoms with Gasteiger partial charge in [-0.1, -0.05) is 6.07 Å². The first kappa shape index (κ1) is 17.4. The van der Waals surface area contributed by atoms with E-state index in [-0.39, 0.29) is 24.0 Å². The van der Waals surface area contributed by atoms with E-state index in [1.54, 1.807) is 13.0 Å². The molecule has 0 saturated heterocycles. The van der Waals surface area contributed by atoms with E-state index in [1.807, 2.05) is 0 Å². The van der Waals surface area contributed by atoms with Crippen LogP contribution in [0.2, 0.25) is 0 Å². The van der Waals surface area contributed by atoms with E-state index in [4.69, 9.17) is 15.3 Å². The number of imide groups is 1. The fourth-order valence-corrected chi connectivity index (χ4v) is 2.15. The Morgan fingerprint density at radius 1 is 1.29 bits per heavy atom. The van der Waals surface area contributed by atoms with Gasteiger partial charge in [-0.3, -0.25) is 19.7 Å². The summed E-state index contributed by atoms with van der Waals surface area (Å²) in [5, 5.41) is 11.3. The molecule has 8 heteroatoms. The number of fused-ring (bicyclic) bond motifs is 1. The number of amides is 2. The smallest absolute Gasteiger partial charge is 0.336 e. The second kappa shape index (κ2) is 7.05. The van der Waals surface area contributed by atoms with Gasteiger partial charge in [0.25, 0.3) is 5.91 Å². The van der Waals surface area contributed by atoms with Gasteiger partial charge in [0, 0.05) is 23.4 Å². The normalized spacial score (nSPS) is 11.9. The third-order valence-corrected chi connectivity index (χ3v) is 3.46. The highest BCUT2D eigenvalue weighted by molar-refractivity contribution is 6.07. The topological polar surface area (TPSA) is 140 Å². The van der Waals surface area contributed by atoms with Gasteiger partial charge in [0.2, 0.25) is 5.91 Å². The van der Waals surface area contributed by atoms with Gasteiger partial charge in [0.05, 0.1) is 6.04 Å². The summed E-state index contributed by atoms with van der Waals surface area (Å²) in [6.07, 6.45) is -0.358. The van der Waals surface area contributed by atoms with E-state index in [2.05, 4.69) is 5.32 Å². The Labute approximate surface area is 136 Å². The number of carbonyl (C=O) groups is 3. The largest absolute Gasteiger partial charge is 0.481 e. The van der Waals surface area contributed by atoms with Gasteiger partial charge >= 0.3 is 11.6 Å². The molecule has 0 saturated carbocycles. The second-order valence-corrected chi connectivity index (χ2v) is 5.32. The Morgan fingerprint density at radius 2 is 2.00 bits per heavy atom. The van der Waals surface area contributed by atoms with E-state index in [9.17, 15) is 19.2 Å². The molecule has 0 unspecified atom stereocenters. The predicted molar refractivity (Wildman–Crippen MR) is 84.5 cm³/mol. The monoisotopic (exact) mass is 332 g/mol. The van der Waals surface area contributed by atoms with Crippen molar-refractivity contribution in [2.24, 2.45) is 5.73 Å². The number of rotatable bonds is 5. The van der Waals surface area contributed by atoms with E-state index in [0.717, 1.165) is 0 Å². The van der Waals surface area contributed by atoms with Crippen molar-refractivity contribution >= 4 is 28.8 Å². The van der Waals surface area contributed by atoms with Crippen molar-refractivity contribution in [2.45, 2.75) is 25.8 Å². The molecule has 8 nitrogen and oxygen atoms in total. The number of carboxylic acids is 1. The van der Waals surface area contributed by atoms with Crippen molar-refractivity contribution in [3.8, 4) is 0 Å². The number of nitrogens with one attached hydrogen (secondary N) is 1. The van der Waals surface area contributed by atoms with Crippen LogP contribution in [0.15, 0.2) is 33.5 Å². The molecule has 0 radical (unpaired) electrons. The van der Waals surface area contributed by atoms with Crippen LogP contribution in [-0.4, -0.2) is 28.9 Å². The molecule has 0 aliphatic carbocycles. The molecule has 0 fully saturated rings. The highest BCUT2D eigenvalue weighted by Crippen LogP contribution is 2.18. The minimum absolute atomic E-state index is 0.0831. The van der Waals surface area contributed by atoms with Gasteiger partial charge in [-0.15, -0.1) is 0 Å². The van der Waals surface area contributed by atoms with Crippen LogP contribution in [0.5, 0.6) is 0 Å². The molecular formula is C16H16N2O6. The maximum absolute atomic E-state index is 12.1. The first-order valence-electron chi connectivity index (χ1n) is 7.15. The molecule has 1 heterocycles. The van der Waals surface area contributed by atoms with Gasteiger partial charge < -0.3 is 15.3 Å². The van der Waals surface area contributed by atoms with Crippen molar-refractivity contribution in [3.63, 3.8) is 0 Å². The zero-order valence-electron chi connectivity index (χ0n) is 12.9. The lowest BCUT2D eigenvalue weighted by Gasteiger charge is -2.10. The van der Waals surface area contributed by atoms with Crippen LogP contribution in [0.1, 0.15) is 28.8 Å². The first-order chi connectivity index (χ1) is 11.3. The maximum atomic E-state index is 12.1. The molecule has 0 aliphatic heterocycles. The Bertz CT molecular complexity index is 870. The molecule has 2 aromatic rings. The molecule has 1 aromatic heterocycles. The Balaban J connectivity index is 2.15.